The maximum Gasteiger partial charge on any atom is 0.264 e. The third-order valence-electron chi connectivity index (χ3n) is 6.32. The van der Waals surface area contributed by atoms with Crippen LogP contribution in [-0.4, -0.2) is 58.9 Å². The molecule has 0 bridgehead atoms. The lowest BCUT2D eigenvalue weighted by molar-refractivity contribution is -0.123. The molecule has 4 rings (SSSR count). The lowest BCUT2D eigenvalue weighted by Crippen LogP contribution is -2.39. The molecule has 0 unspecified atom stereocenters. The molecule has 1 fully saturated rings. The van der Waals surface area contributed by atoms with Crippen molar-refractivity contribution in [1.29, 1.82) is 0 Å². The number of nitrogens with one attached hydrogen (secondary N) is 2. The number of hydrogen-bond acceptors (Lipinski definition) is 7. The van der Waals surface area contributed by atoms with E-state index in [2.05, 4.69) is 15.8 Å². The molecule has 1 aliphatic heterocycles. The van der Waals surface area contributed by atoms with Gasteiger partial charge in [-0.25, -0.2) is 13.8 Å². The summed E-state index contributed by atoms with van der Waals surface area (Å²) in [5, 5.41) is 6.78. The number of aryl methyl sites for hydroxylation is 2. The second kappa shape index (κ2) is 13.9. The molecule has 1 saturated heterocycles. The van der Waals surface area contributed by atoms with Gasteiger partial charge in [-0.3, -0.25) is 13.9 Å². The van der Waals surface area contributed by atoms with E-state index in [0.717, 1.165) is 34.9 Å². The Morgan fingerprint density at radius 1 is 1.02 bits per heavy atom. The van der Waals surface area contributed by atoms with Crippen molar-refractivity contribution < 1.29 is 27.5 Å². The maximum absolute atomic E-state index is 13.5. The van der Waals surface area contributed by atoms with Crippen LogP contribution < -0.4 is 19.8 Å². The Labute approximate surface area is 240 Å². The summed E-state index contributed by atoms with van der Waals surface area (Å²) in [4.78, 5) is 24.9. The van der Waals surface area contributed by atoms with Crippen molar-refractivity contribution in [1.82, 2.24) is 10.7 Å². The molecular formula is C30H34N4O6S. The van der Waals surface area contributed by atoms with E-state index in [4.69, 9.17) is 9.47 Å². The first-order valence-corrected chi connectivity index (χ1v) is 14.7. The Bertz CT molecular complexity index is 1450. The summed E-state index contributed by atoms with van der Waals surface area (Å²) in [6.07, 6.45) is 3.46. The summed E-state index contributed by atoms with van der Waals surface area (Å²) in [5.41, 5.74) is 5.21. The molecule has 2 N–H and O–H groups in total. The highest BCUT2D eigenvalue weighted by atomic mass is 32.2. The van der Waals surface area contributed by atoms with Crippen molar-refractivity contribution in [2.24, 2.45) is 5.10 Å². The summed E-state index contributed by atoms with van der Waals surface area (Å²) < 4.78 is 39.0. The largest absolute Gasteiger partial charge is 0.484 e. The lowest BCUT2D eigenvalue weighted by atomic mass is 10.1. The molecule has 10 nitrogen and oxygen atoms in total. The third kappa shape index (κ3) is 8.63. The van der Waals surface area contributed by atoms with Crippen LogP contribution in [0.2, 0.25) is 0 Å². The van der Waals surface area contributed by atoms with Gasteiger partial charge in [-0.1, -0.05) is 24.3 Å². The molecule has 1 heterocycles. The Morgan fingerprint density at radius 2 is 1.73 bits per heavy atom. The average Bonchev–Trinajstić information content (AvgIpc) is 3.48. The van der Waals surface area contributed by atoms with E-state index in [1.807, 2.05) is 19.9 Å². The van der Waals surface area contributed by atoms with E-state index in [-0.39, 0.29) is 23.5 Å². The molecule has 216 valence electrons. The second-order valence-corrected chi connectivity index (χ2v) is 11.6. The number of rotatable bonds is 12. The van der Waals surface area contributed by atoms with Gasteiger partial charge in [0, 0.05) is 13.2 Å². The van der Waals surface area contributed by atoms with Crippen molar-refractivity contribution in [2.45, 2.75) is 37.7 Å². The van der Waals surface area contributed by atoms with E-state index >= 15 is 0 Å². The van der Waals surface area contributed by atoms with Gasteiger partial charge in [-0.2, -0.15) is 5.10 Å². The molecule has 3 aromatic rings. The highest BCUT2D eigenvalue weighted by molar-refractivity contribution is 7.92. The van der Waals surface area contributed by atoms with Crippen molar-refractivity contribution in [3.63, 3.8) is 0 Å². The predicted molar refractivity (Wildman–Crippen MR) is 157 cm³/mol. The van der Waals surface area contributed by atoms with Crippen molar-refractivity contribution >= 4 is 33.7 Å². The number of nitrogens with zero attached hydrogens (tertiary/aromatic N) is 2. The maximum atomic E-state index is 13.5. The van der Waals surface area contributed by atoms with Crippen LogP contribution in [0.15, 0.2) is 82.8 Å². The number of ether oxygens (including phenoxy) is 2. The van der Waals surface area contributed by atoms with E-state index in [1.165, 1.54) is 18.3 Å². The van der Waals surface area contributed by atoms with Crippen molar-refractivity contribution in [3.8, 4) is 5.75 Å². The molecule has 0 aliphatic carbocycles. The Kier molecular flexibility index (Phi) is 10.1. The third-order valence-corrected chi connectivity index (χ3v) is 8.10. The number of hydrogen-bond donors (Lipinski definition) is 2. The highest BCUT2D eigenvalue weighted by Crippen LogP contribution is 2.25. The molecule has 1 atom stereocenters. The Morgan fingerprint density at radius 3 is 2.39 bits per heavy atom. The quantitative estimate of drug-likeness (QED) is 0.251. The number of hydrazone groups is 1. The number of sulfonamides is 1. The number of anilines is 1. The van der Waals surface area contributed by atoms with Gasteiger partial charge in [-0.05, 0) is 91.9 Å². The fourth-order valence-corrected chi connectivity index (χ4v) is 5.78. The van der Waals surface area contributed by atoms with Crippen LogP contribution in [0.1, 0.15) is 29.5 Å². The first-order valence-electron chi connectivity index (χ1n) is 13.3. The molecule has 3 aromatic carbocycles. The molecule has 41 heavy (non-hydrogen) atoms. The SMILES string of the molecule is Cc1cc(C)cc(N(CC(=O)N/N=C\c2ccc(OCC(=O)NC[C@H]3CCCO3)cc2)S(=O)(=O)c2ccccc2)c1. The van der Waals surface area contributed by atoms with Gasteiger partial charge < -0.3 is 14.8 Å². The normalized spacial score (nSPS) is 15.0. The molecule has 11 heteroatoms. The fourth-order valence-electron chi connectivity index (χ4n) is 4.36. The Hall–Kier alpha value is -4.22. The van der Waals surface area contributed by atoms with Gasteiger partial charge in [0.25, 0.3) is 21.8 Å². The van der Waals surface area contributed by atoms with E-state index < -0.39 is 22.5 Å². The summed E-state index contributed by atoms with van der Waals surface area (Å²) >= 11 is 0. The molecule has 0 aromatic heterocycles. The molecule has 0 saturated carbocycles. The molecular weight excluding hydrogens is 544 g/mol. The number of carbonyl (C=O) groups is 2. The van der Waals surface area contributed by atoms with Crippen LogP contribution in [0.25, 0.3) is 0 Å². The van der Waals surface area contributed by atoms with E-state index in [9.17, 15) is 18.0 Å². The molecule has 0 radical (unpaired) electrons. The highest BCUT2D eigenvalue weighted by Gasteiger charge is 2.27. The van der Waals surface area contributed by atoms with Crippen LogP contribution in [0.5, 0.6) is 5.75 Å². The van der Waals surface area contributed by atoms with Crippen LogP contribution in [-0.2, 0) is 24.3 Å². The van der Waals surface area contributed by atoms with Gasteiger partial charge in [-0.15, -0.1) is 0 Å². The first kappa shape index (κ1) is 29.8. The van der Waals surface area contributed by atoms with Gasteiger partial charge in [0.1, 0.15) is 12.3 Å². The van der Waals surface area contributed by atoms with Gasteiger partial charge >= 0.3 is 0 Å². The summed E-state index contributed by atoms with van der Waals surface area (Å²) in [6.45, 7) is 4.37. The average molecular weight is 579 g/mol. The summed E-state index contributed by atoms with van der Waals surface area (Å²) in [5.74, 6) is -0.319. The zero-order valence-corrected chi connectivity index (χ0v) is 23.9. The molecule has 2 amide bonds. The molecule has 1 aliphatic rings. The zero-order chi connectivity index (χ0) is 29.2. The topological polar surface area (TPSA) is 126 Å². The van der Waals surface area contributed by atoms with Gasteiger partial charge in [0.2, 0.25) is 0 Å². The number of benzene rings is 3. The Balaban J connectivity index is 1.33. The van der Waals surface area contributed by atoms with Crippen molar-refractivity contribution in [2.75, 3.05) is 30.6 Å². The first-order chi connectivity index (χ1) is 19.7. The number of carbonyl (C=O) groups excluding carboxylic acids is 2. The lowest BCUT2D eigenvalue weighted by Gasteiger charge is -2.24. The van der Waals surface area contributed by atoms with Crippen LogP contribution in [0.3, 0.4) is 0 Å². The van der Waals surface area contributed by atoms with Gasteiger partial charge in [0.15, 0.2) is 6.61 Å². The van der Waals surface area contributed by atoms with Crippen LogP contribution >= 0.6 is 0 Å². The summed E-state index contributed by atoms with van der Waals surface area (Å²) in [6, 6.07) is 20.2. The number of amides is 2. The minimum Gasteiger partial charge on any atom is -0.484 e. The van der Waals surface area contributed by atoms with E-state index in [0.29, 0.717) is 23.5 Å². The monoisotopic (exact) mass is 578 g/mol. The predicted octanol–water partition coefficient (Wildman–Crippen LogP) is 3.32. The van der Waals surface area contributed by atoms with Crippen LogP contribution in [0, 0.1) is 13.8 Å². The zero-order valence-electron chi connectivity index (χ0n) is 23.1. The minimum absolute atomic E-state index is 0.0704. The van der Waals surface area contributed by atoms with Crippen molar-refractivity contribution in [3.05, 3.63) is 89.5 Å². The van der Waals surface area contributed by atoms with Crippen LogP contribution in [0.4, 0.5) is 5.69 Å². The standard InChI is InChI=1S/C30H34N4O6S/c1-22-15-23(2)17-25(16-22)34(41(37,38)28-8-4-3-5-9-28)20-29(35)33-32-18-24-10-12-26(13-11-24)40-21-30(36)31-19-27-7-6-14-39-27/h3-5,8-13,15-18,27H,6-7,14,19-21H2,1-2H3,(H,31,36)(H,33,35)/b32-18-/t27-/m1/s1. The summed E-state index contributed by atoms with van der Waals surface area (Å²) in [7, 11) is -4.01. The van der Waals surface area contributed by atoms with E-state index in [1.54, 1.807) is 54.6 Å². The fraction of sp³-hybridized carbons (Fsp3) is 0.300. The van der Waals surface area contributed by atoms with Gasteiger partial charge in [0.05, 0.1) is 22.9 Å². The second-order valence-electron chi connectivity index (χ2n) is 9.76. The smallest absolute Gasteiger partial charge is 0.264 e. The molecule has 0 spiro atoms. The minimum atomic E-state index is -4.01.